The van der Waals surface area contributed by atoms with E-state index >= 15 is 0 Å². The molecule has 0 spiro atoms. The van der Waals surface area contributed by atoms with E-state index in [1.807, 2.05) is 6.92 Å². The van der Waals surface area contributed by atoms with E-state index in [0.717, 1.165) is 5.69 Å². The summed E-state index contributed by atoms with van der Waals surface area (Å²) in [6.07, 6.45) is 3.65. The molecule has 0 aliphatic carbocycles. The lowest BCUT2D eigenvalue weighted by atomic mass is 10.3. The maximum atomic E-state index is 11.4. The molecule has 5 heteroatoms. The quantitative estimate of drug-likeness (QED) is 0.671. The zero-order valence-corrected chi connectivity index (χ0v) is 7.97. The smallest absolute Gasteiger partial charge is 0.229 e. The number of anilines is 1. The first kappa shape index (κ1) is 9.08. The Morgan fingerprint density at radius 3 is 2.79 bits per heavy atom. The minimum atomic E-state index is -0.0781. The van der Waals surface area contributed by atoms with Crippen LogP contribution in [0.3, 0.4) is 0 Å². The highest BCUT2D eigenvalue weighted by Crippen LogP contribution is 2.16. The molecule has 1 atom stereocenters. The number of aromatic nitrogens is 2. The fourth-order valence-electron chi connectivity index (χ4n) is 1.48. The second-order valence-electron chi connectivity index (χ2n) is 3.48. The molecule has 0 radical (unpaired) electrons. The number of hydrogen-bond donors (Lipinski definition) is 1. The van der Waals surface area contributed by atoms with Crippen LogP contribution in [0.2, 0.25) is 0 Å². The molecule has 5 nitrogen and oxygen atoms in total. The molecule has 2 N–H and O–H groups in total. The molecule has 0 aromatic carbocycles. The molecule has 1 aromatic heterocycles. The summed E-state index contributed by atoms with van der Waals surface area (Å²) in [5, 5.41) is 0. The maximum absolute atomic E-state index is 11.4. The fraction of sp³-hybridized carbons (Fsp3) is 0.444. The molecule has 14 heavy (non-hydrogen) atoms. The highest BCUT2D eigenvalue weighted by atomic mass is 16.2. The van der Waals surface area contributed by atoms with Crippen LogP contribution in [0.15, 0.2) is 12.4 Å². The SMILES string of the molecule is Cc1cnc(N2CC(N)CC2=O)cn1. The van der Waals surface area contributed by atoms with Crippen molar-refractivity contribution in [3.8, 4) is 0 Å². The third kappa shape index (κ3) is 1.58. The van der Waals surface area contributed by atoms with E-state index in [0.29, 0.717) is 18.8 Å². The van der Waals surface area contributed by atoms with Gasteiger partial charge < -0.3 is 5.73 Å². The first-order valence-electron chi connectivity index (χ1n) is 4.51. The molecular formula is C9H12N4O. The van der Waals surface area contributed by atoms with E-state index < -0.39 is 0 Å². The summed E-state index contributed by atoms with van der Waals surface area (Å²) in [7, 11) is 0. The highest BCUT2D eigenvalue weighted by molar-refractivity contribution is 5.95. The Bertz CT molecular complexity index is 348. The predicted octanol–water partition coefficient (Wildman–Crippen LogP) is -0.151. The Morgan fingerprint density at radius 1 is 1.50 bits per heavy atom. The van der Waals surface area contributed by atoms with Gasteiger partial charge in [0.1, 0.15) is 0 Å². The van der Waals surface area contributed by atoms with Crippen molar-refractivity contribution in [2.24, 2.45) is 5.73 Å². The van der Waals surface area contributed by atoms with Crippen LogP contribution in [0.1, 0.15) is 12.1 Å². The summed E-state index contributed by atoms with van der Waals surface area (Å²) in [6, 6.07) is -0.0781. The van der Waals surface area contributed by atoms with Crippen LogP contribution >= 0.6 is 0 Å². The van der Waals surface area contributed by atoms with Crippen molar-refractivity contribution >= 4 is 11.7 Å². The monoisotopic (exact) mass is 192 g/mol. The number of nitrogens with two attached hydrogens (primary N) is 1. The van der Waals surface area contributed by atoms with Gasteiger partial charge in [0, 0.05) is 19.0 Å². The van der Waals surface area contributed by atoms with Gasteiger partial charge in [-0.3, -0.25) is 14.7 Å². The lowest BCUT2D eigenvalue weighted by Gasteiger charge is -2.13. The zero-order chi connectivity index (χ0) is 10.1. The van der Waals surface area contributed by atoms with Gasteiger partial charge in [-0.15, -0.1) is 0 Å². The Morgan fingerprint density at radius 2 is 2.29 bits per heavy atom. The summed E-state index contributed by atoms with van der Waals surface area (Å²) in [6.45, 7) is 2.39. The lowest BCUT2D eigenvalue weighted by molar-refractivity contribution is -0.117. The third-order valence-corrected chi connectivity index (χ3v) is 2.20. The maximum Gasteiger partial charge on any atom is 0.229 e. The summed E-state index contributed by atoms with van der Waals surface area (Å²) < 4.78 is 0. The van der Waals surface area contributed by atoms with Crippen LogP contribution in [0.5, 0.6) is 0 Å². The highest BCUT2D eigenvalue weighted by Gasteiger charge is 2.28. The standard InChI is InChI=1S/C9H12N4O/c1-6-3-12-8(4-11-6)13-5-7(10)2-9(13)14/h3-4,7H,2,5,10H2,1H3. The van der Waals surface area contributed by atoms with Gasteiger partial charge in [-0.2, -0.15) is 0 Å². The van der Waals surface area contributed by atoms with E-state index in [9.17, 15) is 4.79 Å². The number of nitrogens with zero attached hydrogens (tertiary/aromatic N) is 3. The van der Waals surface area contributed by atoms with Gasteiger partial charge >= 0.3 is 0 Å². The summed E-state index contributed by atoms with van der Waals surface area (Å²) in [5.41, 5.74) is 6.51. The molecule has 2 rings (SSSR count). The summed E-state index contributed by atoms with van der Waals surface area (Å²) in [5.74, 6) is 0.615. The van der Waals surface area contributed by atoms with Crippen molar-refractivity contribution < 1.29 is 4.79 Å². The van der Waals surface area contributed by atoms with Crippen molar-refractivity contribution in [3.63, 3.8) is 0 Å². The van der Waals surface area contributed by atoms with Gasteiger partial charge in [-0.25, -0.2) is 4.98 Å². The van der Waals surface area contributed by atoms with Crippen LogP contribution in [-0.2, 0) is 4.79 Å². The second kappa shape index (κ2) is 3.34. The van der Waals surface area contributed by atoms with Gasteiger partial charge in [0.25, 0.3) is 0 Å². The van der Waals surface area contributed by atoms with Crippen molar-refractivity contribution in [2.45, 2.75) is 19.4 Å². The first-order valence-corrected chi connectivity index (χ1v) is 4.51. The molecule has 1 aliphatic rings. The zero-order valence-electron chi connectivity index (χ0n) is 7.97. The van der Waals surface area contributed by atoms with E-state index in [1.54, 1.807) is 17.3 Å². The number of carbonyl (C=O) groups excluding carboxylic acids is 1. The number of rotatable bonds is 1. The Kier molecular flexibility index (Phi) is 2.17. The van der Waals surface area contributed by atoms with Gasteiger partial charge in [0.05, 0.1) is 18.1 Å². The molecule has 1 unspecified atom stereocenters. The van der Waals surface area contributed by atoms with E-state index in [1.165, 1.54) is 0 Å². The molecule has 1 aliphatic heterocycles. The van der Waals surface area contributed by atoms with Crippen LogP contribution < -0.4 is 10.6 Å². The molecule has 0 bridgehead atoms. The van der Waals surface area contributed by atoms with Crippen LogP contribution in [0.25, 0.3) is 0 Å². The van der Waals surface area contributed by atoms with Gasteiger partial charge in [-0.05, 0) is 6.92 Å². The minimum Gasteiger partial charge on any atom is -0.326 e. The normalized spacial score (nSPS) is 21.7. The molecule has 1 amide bonds. The van der Waals surface area contributed by atoms with Crippen LogP contribution in [0, 0.1) is 6.92 Å². The lowest BCUT2D eigenvalue weighted by Crippen LogP contribution is -2.28. The topological polar surface area (TPSA) is 72.1 Å². The van der Waals surface area contributed by atoms with Crippen molar-refractivity contribution in [1.29, 1.82) is 0 Å². The summed E-state index contributed by atoms with van der Waals surface area (Å²) >= 11 is 0. The average molecular weight is 192 g/mol. The number of hydrogen-bond acceptors (Lipinski definition) is 4. The molecule has 74 valence electrons. The fourth-order valence-corrected chi connectivity index (χ4v) is 1.48. The Balaban J connectivity index is 2.23. The molecule has 0 saturated carbocycles. The van der Waals surface area contributed by atoms with E-state index in [2.05, 4.69) is 9.97 Å². The molecular weight excluding hydrogens is 180 g/mol. The average Bonchev–Trinajstić information content (AvgIpc) is 2.47. The molecule has 1 aromatic rings. The van der Waals surface area contributed by atoms with Crippen molar-refractivity contribution in [2.75, 3.05) is 11.4 Å². The second-order valence-corrected chi connectivity index (χ2v) is 3.48. The Hall–Kier alpha value is -1.49. The van der Waals surface area contributed by atoms with Crippen LogP contribution in [0.4, 0.5) is 5.82 Å². The number of aryl methyl sites for hydroxylation is 1. The van der Waals surface area contributed by atoms with Crippen molar-refractivity contribution in [1.82, 2.24) is 9.97 Å². The Labute approximate surface area is 82.0 Å². The largest absolute Gasteiger partial charge is 0.326 e. The number of amides is 1. The van der Waals surface area contributed by atoms with Gasteiger partial charge in [0.15, 0.2) is 5.82 Å². The van der Waals surface area contributed by atoms with Gasteiger partial charge in [0.2, 0.25) is 5.91 Å². The van der Waals surface area contributed by atoms with Crippen molar-refractivity contribution in [3.05, 3.63) is 18.1 Å². The summed E-state index contributed by atoms with van der Waals surface area (Å²) in [4.78, 5) is 21.2. The minimum absolute atomic E-state index is 0.0238. The number of carbonyl (C=O) groups is 1. The molecule has 1 saturated heterocycles. The predicted molar refractivity (Wildman–Crippen MR) is 51.7 cm³/mol. The third-order valence-electron chi connectivity index (χ3n) is 2.20. The molecule has 2 heterocycles. The first-order chi connectivity index (χ1) is 6.66. The van der Waals surface area contributed by atoms with E-state index in [-0.39, 0.29) is 11.9 Å². The van der Waals surface area contributed by atoms with Crippen LogP contribution in [-0.4, -0.2) is 28.5 Å². The van der Waals surface area contributed by atoms with Gasteiger partial charge in [-0.1, -0.05) is 0 Å². The molecule has 1 fully saturated rings. The van der Waals surface area contributed by atoms with E-state index in [4.69, 9.17) is 5.73 Å².